The third-order valence-corrected chi connectivity index (χ3v) is 2.92. The standard InChI is InChI=1S/C15H21N5/c1-12(2)17-8-14-9-18-15(19-10-14)20(3)11-13-4-6-16-7-5-13/h4-7,9-10,12,17H,8,11H2,1-3H3. The average Bonchev–Trinajstić information content (AvgIpc) is 2.46. The molecule has 2 rings (SSSR count). The summed E-state index contributed by atoms with van der Waals surface area (Å²) in [5, 5.41) is 3.35. The molecule has 0 aromatic carbocycles. The Balaban J connectivity index is 1.95. The summed E-state index contributed by atoms with van der Waals surface area (Å²) in [7, 11) is 1.99. The second-order valence-corrected chi connectivity index (χ2v) is 5.14. The first kappa shape index (κ1) is 14.4. The number of nitrogens with one attached hydrogen (secondary N) is 1. The van der Waals surface area contributed by atoms with Gasteiger partial charge in [0.2, 0.25) is 5.95 Å². The molecule has 0 saturated carbocycles. The van der Waals surface area contributed by atoms with Crippen LogP contribution in [0.1, 0.15) is 25.0 Å². The third kappa shape index (κ3) is 4.28. The number of pyridine rings is 1. The maximum absolute atomic E-state index is 4.41. The smallest absolute Gasteiger partial charge is 0.225 e. The van der Waals surface area contributed by atoms with Crippen LogP contribution in [0.15, 0.2) is 36.9 Å². The molecule has 0 fully saturated rings. The summed E-state index contributed by atoms with van der Waals surface area (Å²) in [5.41, 5.74) is 2.29. The Hall–Kier alpha value is -2.01. The van der Waals surface area contributed by atoms with Crippen LogP contribution in [0.25, 0.3) is 0 Å². The van der Waals surface area contributed by atoms with Gasteiger partial charge in [0.15, 0.2) is 0 Å². The molecule has 0 aliphatic carbocycles. The lowest BCUT2D eigenvalue weighted by atomic mass is 10.2. The van der Waals surface area contributed by atoms with Gasteiger partial charge in [0, 0.05) is 56.5 Å². The number of aromatic nitrogens is 3. The van der Waals surface area contributed by atoms with Crippen molar-refractivity contribution in [3.8, 4) is 0 Å². The first-order valence-corrected chi connectivity index (χ1v) is 6.79. The minimum absolute atomic E-state index is 0.462. The van der Waals surface area contributed by atoms with E-state index >= 15 is 0 Å². The molecule has 0 amide bonds. The maximum atomic E-state index is 4.41. The fourth-order valence-corrected chi connectivity index (χ4v) is 1.79. The van der Waals surface area contributed by atoms with Gasteiger partial charge in [-0.3, -0.25) is 4.98 Å². The van der Waals surface area contributed by atoms with E-state index in [4.69, 9.17) is 0 Å². The molecule has 0 saturated heterocycles. The van der Waals surface area contributed by atoms with Crippen LogP contribution in [0, 0.1) is 0 Å². The molecule has 0 atom stereocenters. The Bertz CT molecular complexity index is 510. The highest BCUT2D eigenvalue weighted by atomic mass is 15.2. The van der Waals surface area contributed by atoms with Gasteiger partial charge in [0.05, 0.1) is 0 Å². The van der Waals surface area contributed by atoms with Gasteiger partial charge < -0.3 is 10.2 Å². The van der Waals surface area contributed by atoms with Crippen LogP contribution in [0.4, 0.5) is 5.95 Å². The Kier molecular flexibility index (Phi) is 5.01. The van der Waals surface area contributed by atoms with E-state index in [-0.39, 0.29) is 0 Å². The van der Waals surface area contributed by atoms with Crippen molar-refractivity contribution in [2.75, 3.05) is 11.9 Å². The molecular formula is C15H21N5. The van der Waals surface area contributed by atoms with Crippen molar-refractivity contribution in [1.82, 2.24) is 20.3 Å². The van der Waals surface area contributed by atoms with Gasteiger partial charge in [-0.15, -0.1) is 0 Å². The van der Waals surface area contributed by atoms with Gasteiger partial charge in [-0.1, -0.05) is 13.8 Å². The normalized spacial score (nSPS) is 10.8. The van der Waals surface area contributed by atoms with Crippen molar-refractivity contribution in [3.05, 3.63) is 48.0 Å². The van der Waals surface area contributed by atoms with Gasteiger partial charge in [-0.25, -0.2) is 9.97 Å². The molecule has 2 aromatic heterocycles. The fourth-order valence-electron chi connectivity index (χ4n) is 1.79. The number of hydrogen-bond acceptors (Lipinski definition) is 5. The predicted octanol–water partition coefficient (Wildman–Crippen LogP) is 2.01. The number of nitrogens with zero attached hydrogens (tertiary/aromatic N) is 4. The van der Waals surface area contributed by atoms with Crippen LogP contribution in [-0.2, 0) is 13.1 Å². The van der Waals surface area contributed by atoms with Crippen LogP contribution < -0.4 is 10.2 Å². The minimum Gasteiger partial charge on any atom is -0.340 e. The van der Waals surface area contributed by atoms with Crippen molar-refractivity contribution in [2.45, 2.75) is 33.0 Å². The number of rotatable bonds is 6. The first-order chi connectivity index (χ1) is 9.65. The van der Waals surface area contributed by atoms with Crippen molar-refractivity contribution >= 4 is 5.95 Å². The Labute approximate surface area is 120 Å². The Morgan fingerprint density at radius 1 is 1.10 bits per heavy atom. The molecule has 0 bridgehead atoms. The summed E-state index contributed by atoms with van der Waals surface area (Å²) < 4.78 is 0. The van der Waals surface area contributed by atoms with E-state index in [9.17, 15) is 0 Å². The molecule has 5 nitrogen and oxygen atoms in total. The highest BCUT2D eigenvalue weighted by Crippen LogP contribution is 2.09. The van der Waals surface area contributed by atoms with E-state index in [0.717, 1.165) is 24.6 Å². The monoisotopic (exact) mass is 271 g/mol. The number of anilines is 1. The predicted molar refractivity (Wildman–Crippen MR) is 80.4 cm³/mol. The molecule has 5 heteroatoms. The van der Waals surface area contributed by atoms with E-state index in [1.807, 2.05) is 36.5 Å². The van der Waals surface area contributed by atoms with Crippen LogP contribution >= 0.6 is 0 Å². The molecule has 0 spiro atoms. The van der Waals surface area contributed by atoms with E-state index in [0.29, 0.717) is 6.04 Å². The first-order valence-electron chi connectivity index (χ1n) is 6.79. The van der Waals surface area contributed by atoms with E-state index in [1.165, 1.54) is 5.56 Å². The lowest BCUT2D eigenvalue weighted by Gasteiger charge is -2.17. The zero-order valence-electron chi connectivity index (χ0n) is 12.2. The van der Waals surface area contributed by atoms with E-state index in [1.54, 1.807) is 12.4 Å². The fraction of sp³-hybridized carbons (Fsp3) is 0.400. The van der Waals surface area contributed by atoms with Crippen LogP contribution in [0.2, 0.25) is 0 Å². The van der Waals surface area contributed by atoms with Crippen LogP contribution in [-0.4, -0.2) is 28.0 Å². The lowest BCUT2D eigenvalue weighted by Crippen LogP contribution is -2.23. The zero-order chi connectivity index (χ0) is 14.4. The Morgan fingerprint density at radius 2 is 1.75 bits per heavy atom. The molecule has 1 N–H and O–H groups in total. The van der Waals surface area contributed by atoms with E-state index < -0.39 is 0 Å². The average molecular weight is 271 g/mol. The summed E-state index contributed by atoms with van der Waals surface area (Å²) >= 11 is 0. The molecule has 20 heavy (non-hydrogen) atoms. The minimum atomic E-state index is 0.462. The van der Waals surface area contributed by atoms with Crippen molar-refractivity contribution in [2.24, 2.45) is 0 Å². The van der Waals surface area contributed by atoms with Crippen LogP contribution in [0.3, 0.4) is 0 Å². The Morgan fingerprint density at radius 3 is 2.35 bits per heavy atom. The largest absolute Gasteiger partial charge is 0.340 e. The number of hydrogen-bond donors (Lipinski definition) is 1. The topological polar surface area (TPSA) is 53.9 Å². The lowest BCUT2D eigenvalue weighted by molar-refractivity contribution is 0.586. The molecule has 0 aliphatic rings. The van der Waals surface area contributed by atoms with E-state index in [2.05, 4.69) is 34.1 Å². The zero-order valence-corrected chi connectivity index (χ0v) is 12.2. The highest BCUT2D eigenvalue weighted by molar-refractivity contribution is 5.30. The second kappa shape index (κ2) is 6.96. The third-order valence-electron chi connectivity index (χ3n) is 2.92. The highest BCUT2D eigenvalue weighted by Gasteiger charge is 2.05. The van der Waals surface area contributed by atoms with Crippen LogP contribution in [0.5, 0.6) is 0 Å². The molecule has 2 heterocycles. The molecule has 2 aromatic rings. The van der Waals surface area contributed by atoms with Crippen molar-refractivity contribution in [1.29, 1.82) is 0 Å². The summed E-state index contributed by atoms with van der Waals surface area (Å²) in [6, 6.07) is 4.46. The molecule has 0 unspecified atom stereocenters. The summed E-state index contributed by atoms with van der Waals surface area (Å²) in [6.07, 6.45) is 7.34. The molecule has 0 radical (unpaired) electrons. The van der Waals surface area contributed by atoms with Gasteiger partial charge in [0.1, 0.15) is 0 Å². The van der Waals surface area contributed by atoms with Gasteiger partial charge in [-0.05, 0) is 17.7 Å². The molecule has 106 valence electrons. The van der Waals surface area contributed by atoms with Gasteiger partial charge >= 0.3 is 0 Å². The van der Waals surface area contributed by atoms with Crippen molar-refractivity contribution < 1.29 is 0 Å². The molecule has 0 aliphatic heterocycles. The SMILES string of the molecule is CC(C)NCc1cnc(N(C)Cc2ccncc2)nc1. The quantitative estimate of drug-likeness (QED) is 0.871. The second-order valence-electron chi connectivity index (χ2n) is 5.14. The molecular weight excluding hydrogens is 250 g/mol. The summed E-state index contributed by atoms with van der Waals surface area (Å²) in [4.78, 5) is 14.9. The maximum Gasteiger partial charge on any atom is 0.225 e. The summed E-state index contributed by atoms with van der Waals surface area (Å²) in [5.74, 6) is 0.732. The van der Waals surface area contributed by atoms with Crippen molar-refractivity contribution in [3.63, 3.8) is 0 Å². The van der Waals surface area contributed by atoms with Gasteiger partial charge in [0.25, 0.3) is 0 Å². The summed E-state index contributed by atoms with van der Waals surface area (Å²) in [6.45, 7) is 5.81. The van der Waals surface area contributed by atoms with Gasteiger partial charge in [-0.2, -0.15) is 0 Å².